The summed E-state index contributed by atoms with van der Waals surface area (Å²) in [4.78, 5) is 41.1. The molecule has 0 aliphatic carbocycles. The third-order valence-corrected chi connectivity index (χ3v) is 4.91. The van der Waals surface area contributed by atoms with Crippen molar-refractivity contribution in [1.82, 2.24) is 14.8 Å². The van der Waals surface area contributed by atoms with Crippen molar-refractivity contribution >= 4 is 50.8 Å². The number of carbonyl (C=O) groups excluding carboxylic acids is 2. The van der Waals surface area contributed by atoms with Crippen molar-refractivity contribution < 1.29 is 14.3 Å². The van der Waals surface area contributed by atoms with E-state index < -0.39 is 17.3 Å². The van der Waals surface area contributed by atoms with Gasteiger partial charge in [0.1, 0.15) is 4.88 Å². The number of aryl methyl sites for hydroxylation is 2. The van der Waals surface area contributed by atoms with E-state index in [2.05, 4.69) is 20.1 Å². The van der Waals surface area contributed by atoms with Crippen LogP contribution >= 0.6 is 22.9 Å². The number of rotatable bonds is 3. The molecule has 0 fully saturated rings. The number of esters is 1. The molecule has 3 rings (SSSR count). The summed E-state index contributed by atoms with van der Waals surface area (Å²) in [5.41, 5.74) is 0.131. The lowest BCUT2D eigenvalue weighted by Crippen LogP contribution is -2.26. The minimum absolute atomic E-state index is 0.169. The average molecular weight is 393 g/mol. The predicted octanol–water partition coefficient (Wildman–Crippen LogP) is 2.39. The lowest BCUT2D eigenvalue weighted by molar-refractivity contribution is 0.0605. The largest absolute Gasteiger partial charge is 0.465 e. The van der Waals surface area contributed by atoms with Gasteiger partial charge in [-0.3, -0.25) is 19.6 Å². The van der Waals surface area contributed by atoms with Crippen LogP contribution in [-0.2, 0) is 11.8 Å². The summed E-state index contributed by atoms with van der Waals surface area (Å²) in [6, 6.07) is 4.78. The third-order valence-electron chi connectivity index (χ3n) is 3.62. The van der Waals surface area contributed by atoms with E-state index in [1.54, 1.807) is 26.1 Å². The van der Waals surface area contributed by atoms with Crippen molar-refractivity contribution in [3.63, 3.8) is 0 Å². The smallest absolute Gasteiger partial charge is 0.350 e. The summed E-state index contributed by atoms with van der Waals surface area (Å²) in [6.07, 6.45) is 0. The van der Waals surface area contributed by atoms with Gasteiger partial charge >= 0.3 is 5.97 Å². The van der Waals surface area contributed by atoms with E-state index in [-0.39, 0.29) is 21.1 Å². The molecule has 0 saturated carbocycles. The average Bonchev–Trinajstić information content (AvgIpc) is 2.97. The number of methoxy groups -OCH3 is 1. The van der Waals surface area contributed by atoms with E-state index in [1.807, 2.05) is 0 Å². The number of anilines is 1. The fraction of sp³-hybridized carbons (Fsp3) is 0.188. The molecule has 0 saturated heterocycles. The Kier molecular flexibility index (Phi) is 4.75. The second kappa shape index (κ2) is 6.85. The number of amides is 1. The molecule has 1 aromatic carbocycles. The maximum atomic E-state index is 12.6. The van der Waals surface area contributed by atoms with Gasteiger partial charge in [-0.15, -0.1) is 0 Å². The maximum absolute atomic E-state index is 12.6. The normalized spacial score (nSPS) is 10.8. The van der Waals surface area contributed by atoms with Gasteiger partial charge in [0.05, 0.1) is 23.7 Å². The molecule has 8 nitrogen and oxygen atoms in total. The first-order chi connectivity index (χ1) is 12.3. The van der Waals surface area contributed by atoms with Crippen molar-refractivity contribution in [1.29, 1.82) is 0 Å². The molecule has 3 aromatic rings. The van der Waals surface area contributed by atoms with Gasteiger partial charge in [0.15, 0.2) is 10.8 Å². The number of benzene rings is 1. The number of thiazole rings is 1. The lowest BCUT2D eigenvalue weighted by atomic mass is 10.2. The summed E-state index contributed by atoms with van der Waals surface area (Å²) in [7, 11) is 2.88. The fourth-order valence-electron chi connectivity index (χ4n) is 2.39. The van der Waals surface area contributed by atoms with Gasteiger partial charge in [0, 0.05) is 12.1 Å². The van der Waals surface area contributed by atoms with E-state index in [1.165, 1.54) is 17.9 Å². The number of nitrogens with one attached hydrogen (secondary N) is 1. The van der Waals surface area contributed by atoms with Gasteiger partial charge in [-0.2, -0.15) is 5.10 Å². The zero-order valence-electron chi connectivity index (χ0n) is 14.0. The van der Waals surface area contributed by atoms with Gasteiger partial charge in [0.25, 0.3) is 5.91 Å². The van der Waals surface area contributed by atoms with Crippen LogP contribution in [0.1, 0.15) is 25.9 Å². The zero-order chi connectivity index (χ0) is 19.0. The Hall–Kier alpha value is -2.78. The van der Waals surface area contributed by atoms with Crippen molar-refractivity contribution in [2.75, 3.05) is 12.4 Å². The lowest BCUT2D eigenvalue weighted by Gasteiger charge is -2.07. The van der Waals surface area contributed by atoms with Gasteiger partial charge in [-0.25, -0.2) is 9.78 Å². The van der Waals surface area contributed by atoms with Crippen LogP contribution in [0.15, 0.2) is 23.0 Å². The van der Waals surface area contributed by atoms with Crippen LogP contribution in [0.2, 0.25) is 5.02 Å². The number of carbonyl (C=O) groups is 2. The first-order valence-electron chi connectivity index (χ1n) is 7.35. The molecular weight excluding hydrogens is 380 g/mol. The molecule has 26 heavy (non-hydrogen) atoms. The van der Waals surface area contributed by atoms with Crippen LogP contribution in [0.3, 0.4) is 0 Å². The molecule has 0 aliphatic heterocycles. The molecular formula is C16H13ClN4O4S. The summed E-state index contributed by atoms with van der Waals surface area (Å²) in [5, 5.41) is 7.37. The Morgan fingerprint density at radius 2 is 2.08 bits per heavy atom. The van der Waals surface area contributed by atoms with E-state index in [0.717, 1.165) is 11.3 Å². The fourth-order valence-corrected chi connectivity index (χ4v) is 3.44. The minimum atomic E-state index is -0.724. The molecule has 0 aliphatic rings. The van der Waals surface area contributed by atoms with Crippen LogP contribution in [0, 0.1) is 6.92 Å². The van der Waals surface area contributed by atoms with Crippen LogP contribution in [0.4, 0.5) is 5.13 Å². The highest BCUT2D eigenvalue weighted by Gasteiger charge is 2.21. The molecule has 2 aromatic heterocycles. The summed E-state index contributed by atoms with van der Waals surface area (Å²) < 4.78 is 6.08. The summed E-state index contributed by atoms with van der Waals surface area (Å²) >= 11 is 6.90. The van der Waals surface area contributed by atoms with Gasteiger partial charge < -0.3 is 4.74 Å². The van der Waals surface area contributed by atoms with Gasteiger partial charge in [-0.05, 0) is 25.1 Å². The van der Waals surface area contributed by atoms with Crippen LogP contribution in [-0.4, -0.2) is 33.8 Å². The van der Waals surface area contributed by atoms with Crippen LogP contribution in [0.25, 0.3) is 10.9 Å². The molecule has 0 spiro atoms. The van der Waals surface area contributed by atoms with Crippen molar-refractivity contribution in [3.05, 3.63) is 49.7 Å². The first kappa shape index (κ1) is 18.0. The molecule has 0 bridgehead atoms. The Labute approximate surface area is 156 Å². The predicted molar refractivity (Wildman–Crippen MR) is 98.1 cm³/mol. The number of nitrogens with zero attached hydrogens (tertiary/aromatic N) is 3. The number of hydrogen-bond donors (Lipinski definition) is 1. The summed E-state index contributed by atoms with van der Waals surface area (Å²) in [6.45, 7) is 1.62. The molecule has 10 heteroatoms. The zero-order valence-corrected chi connectivity index (χ0v) is 15.6. The summed E-state index contributed by atoms with van der Waals surface area (Å²) in [5.74, 6) is -1.27. The van der Waals surface area contributed by atoms with Crippen molar-refractivity contribution in [2.24, 2.45) is 7.05 Å². The Morgan fingerprint density at radius 3 is 2.77 bits per heavy atom. The Morgan fingerprint density at radius 1 is 1.35 bits per heavy atom. The van der Waals surface area contributed by atoms with E-state index >= 15 is 0 Å². The van der Waals surface area contributed by atoms with Gasteiger partial charge in [-0.1, -0.05) is 22.9 Å². The van der Waals surface area contributed by atoms with Crippen LogP contribution in [0.5, 0.6) is 0 Å². The standard InChI is InChI=1S/C16H13ClN4O4S/c1-7-13(15(24)25-3)26-16(18-7)19-14(23)11-12(22)9-6-8(17)4-5-10(9)21(2)20-11/h4-6H,1-3H3,(H,18,19,23). The number of hydrogen-bond acceptors (Lipinski definition) is 7. The highest BCUT2D eigenvalue weighted by Crippen LogP contribution is 2.23. The Balaban J connectivity index is 2.00. The molecule has 0 radical (unpaired) electrons. The second-order valence-electron chi connectivity index (χ2n) is 5.34. The minimum Gasteiger partial charge on any atom is -0.465 e. The van der Waals surface area contributed by atoms with E-state index in [0.29, 0.717) is 16.2 Å². The molecule has 1 amide bonds. The van der Waals surface area contributed by atoms with Crippen molar-refractivity contribution in [3.8, 4) is 0 Å². The second-order valence-corrected chi connectivity index (χ2v) is 6.78. The molecule has 0 unspecified atom stereocenters. The third kappa shape index (κ3) is 3.18. The highest BCUT2D eigenvalue weighted by molar-refractivity contribution is 7.17. The molecule has 1 N–H and O–H groups in total. The molecule has 134 valence electrons. The van der Waals surface area contributed by atoms with Crippen LogP contribution < -0.4 is 10.7 Å². The Bertz CT molecular complexity index is 1110. The molecule has 0 atom stereocenters. The number of halogens is 1. The molecule has 2 heterocycles. The highest BCUT2D eigenvalue weighted by atomic mass is 35.5. The van der Waals surface area contributed by atoms with Crippen molar-refractivity contribution in [2.45, 2.75) is 6.92 Å². The quantitative estimate of drug-likeness (QED) is 0.686. The van der Waals surface area contributed by atoms with E-state index in [4.69, 9.17) is 11.6 Å². The number of aromatic nitrogens is 3. The monoisotopic (exact) mass is 392 g/mol. The first-order valence-corrected chi connectivity index (χ1v) is 8.55. The topological polar surface area (TPSA) is 103 Å². The number of fused-ring (bicyclic) bond motifs is 1. The van der Waals surface area contributed by atoms with Gasteiger partial charge in [0.2, 0.25) is 5.43 Å². The maximum Gasteiger partial charge on any atom is 0.350 e. The number of ether oxygens (including phenoxy) is 1. The SMILES string of the molecule is COC(=O)c1sc(NC(=O)c2nn(C)c3ccc(Cl)cc3c2=O)nc1C. The van der Waals surface area contributed by atoms with E-state index in [9.17, 15) is 14.4 Å².